The van der Waals surface area contributed by atoms with E-state index in [4.69, 9.17) is 4.52 Å². The number of carbonyl (C=O) groups excluding carboxylic acids is 1. The molecule has 1 amide bonds. The zero-order valence-electron chi connectivity index (χ0n) is 14.9. The quantitative estimate of drug-likeness (QED) is 0.685. The van der Waals surface area contributed by atoms with Crippen LogP contribution in [-0.4, -0.2) is 27.6 Å². The van der Waals surface area contributed by atoms with Crippen LogP contribution in [0, 0.1) is 6.92 Å². The Bertz CT molecular complexity index is 944. The molecular formula is C20H21N3O3. The van der Waals surface area contributed by atoms with Gasteiger partial charge in [-0.05, 0) is 13.0 Å². The van der Waals surface area contributed by atoms with E-state index in [0.29, 0.717) is 18.8 Å². The molecule has 0 unspecified atom stereocenters. The van der Waals surface area contributed by atoms with Crippen LogP contribution in [0.25, 0.3) is 11.3 Å². The predicted octanol–water partition coefficient (Wildman–Crippen LogP) is 2.86. The second-order valence-electron chi connectivity index (χ2n) is 6.20. The summed E-state index contributed by atoms with van der Waals surface area (Å²) in [4.78, 5) is 25.8. The van der Waals surface area contributed by atoms with Crippen molar-refractivity contribution in [3.05, 3.63) is 76.4 Å². The predicted molar refractivity (Wildman–Crippen MR) is 98.5 cm³/mol. The molecule has 2 aromatic heterocycles. The van der Waals surface area contributed by atoms with E-state index in [9.17, 15) is 9.59 Å². The van der Waals surface area contributed by atoms with Crippen molar-refractivity contribution in [1.82, 2.24) is 14.6 Å². The fourth-order valence-electron chi connectivity index (χ4n) is 2.76. The van der Waals surface area contributed by atoms with Gasteiger partial charge >= 0.3 is 0 Å². The molecule has 0 aliphatic heterocycles. The molecule has 0 aliphatic rings. The van der Waals surface area contributed by atoms with Crippen LogP contribution in [0.3, 0.4) is 0 Å². The Morgan fingerprint density at radius 2 is 1.92 bits per heavy atom. The summed E-state index contributed by atoms with van der Waals surface area (Å²) in [5, 5.41) is 4.06. The summed E-state index contributed by atoms with van der Waals surface area (Å²) in [6.45, 7) is 2.55. The van der Waals surface area contributed by atoms with E-state index >= 15 is 0 Å². The maximum atomic E-state index is 12.4. The largest absolute Gasteiger partial charge is 0.359 e. The second kappa shape index (κ2) is 7.82. The summed E-state index contributed by atoms with van der Waals surface area (Å²) >= 11 is 0. The van der Waals surface area contributed by atoms with Gasteiger partial charge in [-0.25, -0.2) is 0 Å². The van der Waals surface area contributed by atoms with Gasteiger partial charge in [0, 0.05) is 43.4 Å². The fourth-order valence-corrected chi connectivity index (χ4v) is 2.76. The molecule has 0 aliphatic carbocycles. The first-order valence-electron chi connectivity index (χ1n) is 8.46. The van der Waals surface area contributed by atoms with Gasteiger partial charge in [0.15, 0.2) is 5.76 Å². The molecule has 0 bridgehead atoms. The molecule has 3 aromatic rings. The van der Waals surface area contributed by atoms with Crippen LogP contribution in [-0.2, 0) is 17.9 Å². The normalized spacial score (nSPS) is 10.7. The van der Waals surface area contributed by atoms with Gasteiger partial charge < -0.3 is 14.0 Å². The summed E-state index contributed by atoms with van der Waals surface area (Å²) in [7, 11) is 1.72. The molecule has 6 nitrogen and oxygen atoms in total. The molecule has 134 valence electrons. The smallest absolute Gasteiger partial charge is 0.250 e. The minimum absolute atomic E-state index is 0.0576. The first-order valence-corrected chi connectivity index (χ1v) is 8.46. The number of pyridine rings is 1. The van der Waals surface area contributed by atoms with Gasteiger partial charge in [-0.3, -0.25) is 9.59 Å². The third kappa shape index (κ3) is 4.08. The van der Waals surface area contributed by atoms with Crippen molar-refractivity contribution in [1.29, 1.82) is 0 Å². The summed E-state index contributed by atoms with van der Waals surface area (Å²) in [6.07, 6.45) is 0.251. The molecule has 0 saturated carbocycles. The van der Waals surface area contributed by atoms with Crippen LogP contribution in [0.15, 0.2) is 63.9 Å². The lowest BCUT2D eigenvalue weighted by atomic mass is 10.1. The van der Waals surface area contributed by atoms with Crippen molar-refractivity contribution in [2.75, 3.05) is 7.05 Å². The minimum Gasteiger partial charge on any atom is -0.359 e. The highest BCUT2D eigenvalue weighted by molar-refractivity contribution is 5.75. The Morgan fingerprint density at radius 1 is 1.15 bits per heavy atom. The number of hydrogen-bond acceptors (Lipinski definition) is 4. The SMILES string of the molecule is Cc1cccc(=O)n1CCC(=O)N(C)Cc1cc(-c2ccccc2)no1. The lowest BCUT2D eigenvalue weighted by Crippen LogP contribution is -2.29. The topological polar surface area (TPSA) is 68.3 Å². The number of aromatic nitrogens is 2. The number of benzene rings is 1. The molecule has 0 saturated heterocycles. The number of amides is 1. The van der Waals surface area contributed by atoms with Crippen molar-refractivity contribution in [2.24, 2.45) is 0 Å². The Morgan fingerprint density at radius 3 is 2.65 bits per heavy atom. The van der Waals surface area contributed by atoms with E-state index < -0.39 is 0 Å². The zero-order chi connectivity index (χ0) is 18.5. The van der Waals surface area contributed by atoms with E-state index in [1.165, 1.54) is 6.07 Å². The third-order valence-corrected chi connectivity index (χ3v) is 4.26. The molecule has 1 aromatic carbocycles. The first-order chi connectivity index (χ1) is 12.5. The van der Waals surface area contributed by atoms with E-state index in [0.717, 1.165) is 17.0 Å². The number of carbonyl (C=O) groups is 1. The molecule has 0 radical (unpaired) electrons. The maximum Gasteiger partial charge on any atom is 0.250 e. The lowest BCUT2D eigenvalue weighted by molar-refractivity contribution is -0.130. The summed E-state index contributed by atoms with van der Waals surface area (Å²) < 4.78 is 6.95. The van der Waals surface area contributed by atoms with E-state index in [2.05, 4.69) is 5.16 Å². The van der Waals surface area contributed by atoms with E-state index in [-0.39, 0.29) is 17.9 Å². The number of rotatable bonds is 6. The zero-order valence-corrected chi connectivity index (χ0v) is 14.9. The average molecular weight is 351 g/mol. The molecule has 26 heavy (non-hydrogen) atoms. The molecule has 0 N–H and O–H groups in total. The highest BCUT2D eigenvalue weighted by Gasteiger charge is 2.14. The summed E-state index contributed by atoms with van der Waals surface area (Å²) in [6, 6.07) is 16.6. The molecule has 0 atom stereocenters. The van der Waals surface area contributed by atoms with Crippen LogP contribution in [0.4, 0.5) is 0 Å². The summed E-state index contributed by atoms with van der Waals surface area (Å²) in [5.41, 5.74) is 2.46. The lowest BCUT2D eigenvalue weighted by Gasteiger charge is -2.16. The van der Waals surface area contributed by atoms with E-state index in [1.54, 1.807) is 22.6 Å². The van der Waals surface area contributed by atoms with Crippen LogP contribution >= 0.6 is 0 Å². The highest BCUT2D eigenvalue weighted by atomic mass is 16.5. The van der Waals surface area contributed by atoms with Gasteiger partial charge in [0.25, 0.3) is 5.56 Å². The van der Waals surface area contributed by atoms with Gasteiger partial charge in [0.1, 0.15) is 5.69 Å². The Balaban J connectivity index is 1.60. The fraction of sp³-hybridized carbons (Fsp3) is 0.250. The Hall–Kier alpha value is -3.15. The molecule has 6 heteroatoms. The molecular weight excluding hydrogens is 330 g/mol. The number of aryl methyl sites for hydroxylation is 1. The number of nitrogens with zero attached hydrogens (tertiary/aromatic N) is 3. The molecule has 3 rings (SSSR count). The molecule has 0 fully saturated rings. The van der Waals surface area contributed by atoms with Crippen molar-refractivity contribution in [3.8, 4) is 11.3 Å². The maximum absolute atomic E-state index is 12.4. The van der Waals surface area contributed by atoms with Crippen molar-refractivity contribution >= 4 is 5.91 Å². The monoisotopic (exact) mass is 351 g/mol. The van der Waals surface area contributed by atoms with Crippen LogP contribution in [0.5, 0.6) is 0 Å². The number of hydrogen-bond donors (Lipinski definition) is 0. The van der Waals surface area contributed by atoms with Crippen molar-refractivity contribution < 1.29 is 9.32 Å². The van der Waals surface area contributed by atoms with Gasteiger partial charge in [-0.2, -0.15) is 0 Å². The van der Waals surface area contributed by atoms with Gasteiger partial charge in [-0.15, -0.1) is 0 Å². The minimum atomic E-state index is -0.0943. The van der Waals surface area contributed by atoms with Crippen molar-refractivity contribution in [2.45, 2.75) is 26.4 Å². The average Bonchev–Trinajstić information content (AvgIpc) is 3.10. The van der Waals surface area contributed by atoms with E-state index in [1.807, 2.05) is 49.4 Å². The Kier molecular flexibility index (Phi) is 5.31. The van der Waals surface area contributed by atoms with Crippen LogP contribution < -0.4 is 5.56 Å². The van der Waals surface area contributed by atoms with Crippen LogP contribution in [0.1, 0.15) is 17.9 Å². The summed E-state index contributed by atoms with van der Waals surface area (Å²) in [5.74, 6) is 0.561. The second-order valence-corrected chi connectivity index (χ2v) is 6.20. The Labute approximate surface area is 151 Å². The van der Waals surface area contributed by atoms with Crippen molar-refractivity contribution in [3.63, 3.8) is 0 Å². The molecule has 2 heterocycles. The van der Waals surface area contributed by atoms with Crippen LogP contribution in [0.2, 0.25) is 0 Å². The third-order valence-electron chi connectivity index (χ3n) is 4.26. The standard InChI is InChI=1S/C20H21N3O3/c1-15-7-6-10-20(25)23(15)12-11-19(24)22(2)14-17-13-18(21-26-17)16-8-4-3-5-9-16/h3-10,13H,11-12,14H2,1-2H3. The van der Waals surface area contributed by atoms with Gasteiger partial charge in [0.2, 0.25) is 5.91 Å². The van der Waals surface area contributed by atoms with Gasteiger partial charge in [-0.1, -0.05) is 41.6 Å². The molecule has 0 spiro atoms. The van der Waals surface area contributed by atoms with Gasteiger partial charge in [0.05, 0.1) is 6.54 Å². The first kappa shape index (κ1) is 17.7. The highest BCUT2D eigenvalue weighted by Crippen LogP contribution is 2.19.